The van der Waals surface area contributed by atoms with Crippen molar-refractivity contribution in [2.24, 2.45) is 0 Å². The average Bonchev–Trinajstić information content (AvgIpc) is 2.67. The number of thioether (sulfide) groups is 1. The monoisotopic (exact) mass is 363 g/mol. The lowest BCUT2D eigenvalue weighted by Crippen LogP contribution is -2.40. The van der Waals surface area contributed by atoms with Gasteiger partial charge in [0.25, 0.3) is 0 Å². The molecule has 2 heterocycles. The number of carbonyl (C=O) groups is 1. The predicted molar refractivity (Wildman–Crippen MR) is 107 cm³/mol. The summed E-state index contributed by atoms with van der Waals surface area (Å²) in [6.07, 6.45) is 2.05. The van der Waals surface area contributed by atoms with Crippen LogP contribution in [0.25, 0.3) is 11.0 Å². The molecule has 0 radical (unpaired) electrons. The molecule has 132 valence electrons. The Kier molecular flexibility index (Phi) is 4.64. The number of fused-ring (bicyclic) bond motifs is 2. The van der Waals surface area contributed by atoms with Crippen LogP contribution in [0.5, 0.6) is 0 Å². The standard InChI is InChI=1S/C21H21N3OS/c1-14-20(23-18-11-5-4-10-17(18)22-14)26-15(2)21(25)24-13-7-9-16-8-3-6-12-19(16)24/h3-6,8,10-12,15H,7,9,13H2,1-2H3/t15-/m1/s1. The van der Waals surface area contributed by atoms with Crippen molar-refractivity contribution in [3.05, 3.63) is 59.8 Å². The number of hydrogen-bond donors (Lipinski definition) is 0. The summed E-state index contributed by atoms with van der Waals surface area (Å²) in [6, 6.07) is 16.0. The van der Waals surface area contributed by atoms with E-state index in [0.717, 1.165) is 46.8 Å². The van der Waals surface area contributed by atoms with E-state index in [4.69, 9.17) is 4.98 Å². The molecule has 5 heteroatoms. The number of amides is 1. The van der Waals surface area contributed by atoms with E-state index in [1.807, 2.05) is 61.2 Å². The average molecular weight is 363 g/mol. The molecule has 0 aliphatic carbocycles. The highest BCUT2D eigenvalue weighted by molar-refractivity contribution is 8.00. The zero-order valence-corrected chi connectivity index (χ0v) is 15.8. The minimum absolute atomic E-state index is 0.136. The highest BCUT2D eigenvalue weighted by Gasteiger charge is 2.27. The lowest BCUT2D eigenvalue weighted by atomic mass is 10.0. The first kappa shape index (κ1) is 17.0. The molecule has 0 N–H and O–H groups in total. The Bertz CT molecular complexity index is 972. The van der Waals surface area contributed by atoms with E-state index in [1.54, 1.807) is 0 Å². The summed E-state index contributed by atoms with van der Waals surface area (Å²) < 4.78 is 0. The van der Waals surface area contributed by atoms with Crippen molar-refractivity contribution in [2.75, 3.05) is 11.4 Å². The molecule has 1 aliphatic heterocycles. The number of hydrogen-bond acceptors (Lipinski definition) is 4. The largest absolute Gasteiger partial charge is 0.311 e. The molecule has 4 rings (SSSR count). The number of carbonyl (C=O) groups excluding carboxylic acids is 1. The van der Waals surface area contributed by atoms with Crippen LogP contribution in [0.15, 0.2) is 53.6 Å². The van der Waals surface area contributed by atoms with E-state index in [0.29, 0.717) is 0 Å². The molecular formula is C21H21N3OS. The third-order valence-corrected chi connectivity index (χ3v) is 5.88. The lowest BCUT2D eigenvalue weighted by molar-refractivity contribution is -0.117. The van der Waals surface area contributed by atoms with E-state index >= 15 is 0 Å². The SMILES string of the molecule is Cc1nc2ccccc2nc1S[C@H](C)C(=O)N1CCCc2ccccc21. The molecule has 4 nitrogen and oxygen atoms in total. The van der Waals surface area contributed by atoms with Gasteiger partial charge in [0.15, 0.2) is 0 Å². The predicted octanol–water partition coefficient (Wildman–Crippen LogP) is 4.40. The fourth-order valence-electron chi connectivity index (χ4n) is 3.38. The first-order valence-electron chi connectivity index (χ1n) is 8.93. The summed E-state index contributed by atoms with van der Waals surface area (Å²) in [4.78, 5) is 24.4. The van der Waals surface area contributed by atoms with Crippen molar-refractivity contribution in [3.8, 4) is 0 Å². The van der Waals surface area contributed by atoms with Crippen molar-refractivity contribution in [3.63, 3.8) is 0 Å². The second-order valence-electron chi connectivity index (χ2n) is 6.59. The number of aromatic nitrogens is 2. The minimum atomic E-state index is -0.213. The Morgan fingerprint density at radius 1 is 1.08 bits per heavy atom. The van der Waals surface area contributed by atoms with Crippen LogP contribution in [-0.4, -0.2) is 27.7 Å². The van der Waals surface area contributed by atoms with Crippen LogP contribution in [0.1, 0.15) is 24.6 Å². The van der Waals surface area contributed by atoms with Gasteiger partial charge in [-0.1, -0.05) is 42.1 Å². The molecular weight excluding hydrogens is 342 g/mol. The van der Waals surface area contributed by atoms with Gasteiger partial charge in [0.05, 0.1) is 22.0 Å². The molecule has 0 spiro atoms. The Morgan fingerprint density at radius 2 is 1.77 bits per heavy atom. The van der Waals surface area contributed by atoms with Gasteiger partial charge in [0.1, 0.15) is 5.03 Å². The van der Waals surface area contributed by atoms with Gasteiger partial charge in [-0.05, 0) is 50.5 Å². The van der Waals surface area contributed by atoms with Crippen LogP contribution in [0.2, 0.25) is 0 Å². The van der Waals surface area contributed by atoms with E-state index < -0.39 is 0 Å². The maximum atomic E-state index is 13.1. The van der Waals surface area contributed by atoms with Crippen molar-refractivity contribution in [2.45, 2.75) is 37.0 Å². The van der Waals surface area contributed by atoms with Gasteiger partial charge in [-0.25, -0.2) is 9.97 Å². The zero-order valence-electron chi connectivity index (χ0n) is 15.0. The molecule has 0 saturated heterocycles. The number of rotatable bonds is 3. The molecule has 0 bridgehead atoms. The highest BCUT2D eigenvalue weighted by atomic mass is 32.2. The summed E-state index contributed by atoms with van der Waals surface area (Å²) in [5.41, 5.74) is 4.93. The van der Waals surface area contributed by atoms with Crippen molar-refractivity contribution < 1.29 is 4.79 Å². The molecule has 1 aromatic heterocycles. The van der Waals surface area contributed by atoms with Crippen molar-refractivity contribution >= 4 is 34.4 Å². The zero-order chi connectivity index (χ0) is 18.1. The quantitative estimate of drug-likeness (QED) is 0.647. The van der Waals surface area contributed by atoms with E-state index in [2.05, 4.69) is 11.1 Å². The number of para-hydroxylation sites is 3. The van der Waals surface area contributed by atoms with E-state index in [-0.39, 0.29) is 11.2 Å². The smallest absolute Gasteiger partial charge is 0.240 e. The third-order valence-electron chi connectivity index (χ3n) is 4.71. The van der Waals surface area contributed by atoms with Gasteiger partial charge in [0, 0.05) is 12.2 Å². The number of aryl methyl sites for hydroxylation is 2. The molecule has 0 saturated carbocycles. The summed E-state index contributed by atoms with van der Waals surface area (Å²) in [5, 5.41) is 0.616. The van der Waals surface area contributed by atoms with Gasteiger partial charge < -0.3 is 4.90 Å². The van der Waals surface area contributed by atoms with Crippen molar-refractivity contribution in [1.82, 2.24) is 9.97 Å². The summed E-state index contributed by atoms with van der Waals surface area (Å²) in [5.74, 6) is 0.136. The summed E-state index contributed by atoms with van der Waals surface area (Å²) in [7, 11) is 0. The Hall–Kier alpha value is -2.40. The van der Waals surface area contributed by atoms with Crippen LogP contribution in [0.4, 0.5) is 5.69 Å². The second kappa shape index (κ2) is 7.08. The number of anilines is 1. The summed E-state index contributed by atoms with van der Waals surface area (Å²) >= 11 is 1.50. The number of nitrogens with zero attached hydrogens (tertiary/aromatic N) is 3. The Labute approximate surface area is 157 Å². The van der Waals surface area contributed by atoms with Crippen LogP contribution in [0, 0.1) is 6.92 Å². The fourth-order valence-corrected chi connectivity index (χ4v) is 4.31. The van der Waals surface area contributed by atoms with Crippen LogP contribution >= 0.6 is 11.8 Å². The van der Waals surface area contributed by atoms with Gasteiger partial charge in [-0.3, -0.25) is 4.79 Å². The maximum absolute atomic E-state index is 13.1. The van der Waals surface area contributed by atoms with Crippen molar-refractivity contribution in [1.29, 1.82) is 0 Å². The third kappa shape index (κ3) is 3.19. The first-order chi connectivity index (χ1) is 12.6. The highest BCUT2D eigenvalue weighted by Crippen LogP contribution is 2.31. The Balaban J connectivity index is 1.58. The van der Waals surface area contributed by atoms with Gasteiger partial charge in [-0.2, -0.15) is 0 Å². The first-order valence-corrected chi connectivity index (χ1v) is 9.81. The molecule has 1 amide bonds. The van der Waals surface area contributed by atoms with Crippen LogP contribution < -0.4 is 4.90 Å². The van der Waals surface area contributed by atoms with Crippen LogP contribution in [0.3, 0.4) is 0 Å². The maximum Gasteiger partial charge on any atom is 0.240 e. The van der Waals surface area contributed by atoms with Gasteiger partial charge in [-0.15, -0.1) is 0 Å². The normalized spacial score (nSPS) is 14.9. The molecule has 1 atom stereocenters. The van der Waals surface area contributed by atoms with Gasteiger partial charge in [0.2, 0.25) is 5.91 Å². The van der Waals surface area contributed by atoms with E-state index in [9.17, 15) is 4.79 Å². The number of benzene rings is 2. The van der Waals surface area contributed by atoms with E-state index in [1.165, 1.54) is 17.3 Å². The molecule has 3 aromatic rings. The van der Waals surface area contributed by atoms with Crippen LogP contribution in [-0.2, 0) is 11.2 Å². The Morgan fingerprint density at radius 3 is 2.58 bits per heavy atom. The molecule has 0 fully saturated rings. The van der Waals surface area contributed by atoms with Gasteiger partial charge >= 0.3 is 0 Å². The molecule has 26 heavy (non-hydrogen) atoms. The fraction of sp³-hybridized carbons (Fsp3) is 0.286. The minimum Gasteiger partial charge on any atom is -0.311 e. The molecule has 2 aromatic carbocycles. The second-order valence-corrected chi connectivity index (χ2v) is 7.91. The summed E-state index contributed by atoms with van der Waals surface area (Å²) in [6.45, 7) is 4.69. The topological polar surface area (TPSA) is 46.1 Å². The molecule has 0 unspecified atom stereocenters. The lowest BCUT2D eigenvalue weighted by Gasteiger charge is -2.31. The molecule has 1 aliphatic rings.